The van der Waals surface area contributed by atoms with Crippen molar-refractivity contribution in [2.24, 2.45) is 0 Å². The van der Waals surface area contributed by atoms with Crippen LogP contribution in [-0.2, 0) is 4.79 Å². The highest BCUT2D eigenvalue weighted by Crippen LogP contribution is 2.20. The summed E-state index contributed by atoms with van der Waals surface area (Å²) in [5.74, 6) is -1.48. The highest BCUT2D eigenvalue weighted by molar-refractivity contribution is 9.10. The average Bonchev–Trinajstić information content (AvgIpc) is 2.89. The van der Waals surface area contributed by atoms with Gasteiger partial charge in [-0.25, -0.2) is 4.79 Å². The summed E-state index contributed by atoms with van der Waals surface area (Å²) in [5, 5.41) is 13.5. The minimum atomic E-state index is -1.08. The summed E-state index contributed by atoms with van der Waals surface area (Å²) in [5.41, 5.74) is 0.422. The first kappa shape index (κ1) is 13.8. The summed E-state index contributed by atoms with van der Waals surface area (Å²) in [6, 6.07) is 9.15. The number of hydrogen-bond donors (Lipinski definition) is 2. The molecule has 2 rings (SSSR count). The third-order valence-electron chi connectivity index (χ3n) is 2.46. The van der Waals surface area contributed by atoms with Gasteiger partial charge in [-0.2, -0.15) is 0 Å². The van der Waals surface area contributed by atoms with Gasteiger partial charge < -0.3 is 10.4 Å². The molecule has 1 aromatic carbocycles. The van der Waals surface area contributed by atoms with Crippen molar-refractivity contribution in [3.05, 3.63) is 56.7 Å². The Bertz CT molecular complexity index is 580. The van der Waals surface area contributed by atoms with Crippen molar-refractivity contribution in [2.75, 3.05) is 0 Å². The number of thiophene rings is 1. The average molecular weight is 340 g/mol. The number of carboxylic acids is 1. The Kier molecular flexibility index (Phi) is 4.34. The molecule has 2 N–H and O–H groups in total. The summed E-state index contributed by atoms with van der Waals surface area (Å²) in [7, 11) is 0. The highest BCUT2D eigenvalue weighted by atomic mass is 79.9. The first-order chi connectivity index (χ1) is 9.08. The second-order valence-electron chi connectivity index (χ2n) is 3.77. The summed E-state index contributed by atoms with van der Waals surface area (Å²) >= 11 is 4.57. The molecule has 0 fully saturated rings. The van der Waals surface area contributed by atoms with E-state index in [2.05, 4.69) is 21.2 Å². The van der Waals surface area contributed by atoms with E-state index in [9.17, 15) is 9.59 Å². The van der Waals surface area contributed by atoms with Gasteiger partial charge in [-0.15, -0.1) is 11.3 Å². The SMILES string of the molecule is O=C(NC(C(=O)O)c1cccs1)c1ccc(Br)cc1. The first-order valence-corrected chi connectivity index (χ1v) is 7.08. The molecule has 1 amide bonds. The van der Waals surface area contributed by atoms with E-state index in [-0.39, 0.29) is 0 Å². The van der Waals surface area contributed by atoms with Crippen molar-refractivity contribution < 1.29 is 14.7 Å². The number of aliphatic carboxylic acids is 1. The van der Waals surface area contributed by atoms with Gasteiger partial charge in [-0.1, -0.05) is 22.0 Å². The van der Waals surface area contributed by atoms with Gasteiger partial charge in [0.05, 0.1) is 0 Å². The zero-order valence-corrected chi connectivity index (χ0v) is 12.1. The van der Waals surface area contributed by atoms with E-state index >= 15 is 0 Å². The molecule has 19 heavy (non-hydrogen) atoms. The van der Waals surface area contributed by atoms with E-state index in [4.69, 9.17) is 5.11 Å². The number of carbonyl (C=O) groups excluding carboxylic acids is 1. The van der Waals surface area contributed by atoms with Crippen molar-refractivity contribution in [1.29, 1.82) is 0 Å². The van der Waals surface area contributed by atoms with E-state index in [1.54, 1.807) is 41.8 Å². The lowest BCUT2D eigenvalue weighted by atomic mass is 10.2. The number of carboxylic acid groups (broad SMARTS) is 1. The molecule has 0 spiro atoms. The van der Waals surface area contributed by atoms with E-state index in [0.29, 0.717) is 10.4 Å². The van der Waals surface area contributed by atoms with Crippen LogP contribution in [0.25, 0.3) is 0 Å². The van der Waals surface area contributed by atoms with Crippen LogP contribution in [0.2, 0.25) is 0 Å². The van der Waals surface area contributed by atoms with Crippen LogP contribution in [0.5, 0.6) is 0 Å². The molecule has 0 bridgehead atoms. The summed E-state index contributed by atoms with van der Waals surface area (Å²) < 4.78 is 0.858. The quantitative estimate of drug-likeness (QED) is 0.899. The lowest BCUT2D eigenvalue weighted by Gasteiger charge is -2.12. The molecule has 6 heteroatoms. The third-order valence-corrected chi connectivity index (χ3v) is 3.92. The molecule has 1 atom stereocenters. The van der Waals surface area contributed by atoms with Gasteiger partial charge in [0.2, 0.25) is 0 Å². The van der Waals surface area contributed by atoms with Crippen LogP contribution in [0.4, 0.5) is 0 Å². The zero-order chi connectivity index (χ0) is 13.8. The lowest BCUT2D eigenvalue weighted by molar-refractivity contribution is -0.139. The predicted molar refractivity (Wildman–Crippen MR) is 76.3 cm³/mol. The molecule has 1 unspecified atom stereocenters. The van der Waals surface area contributed by atoms with Crippen LogP contribution >= 0.6 is 27.3 Å². The Morgan fingerprint density at radius 2 is 1.89 bits per heavy atom. The number of halogens is 1. The lowest BCUT2D eigenvalue weighted by Crippen LogP contribution is -2.33. The first-order valence-electron chi connectivity index (χ1n) is 5.40. The van der Waals surface area contributed by atoms with Gasteiger partial charge in [0.1, 0.15) is 0 Å². The van der Waals surface area contributed by atoms with Crippen LogP contribution in [-0.4, -0.2) is 17.0 Å². The molecule has 1 aromatic heterocycles. The van der Waals surface area contributed by atoms with Gasteiger partial charge in [-0.3, -0.25) is 4.79 Å². The van der Waals surface area contributed by atoms with Crippen molar-refractivity contribution >= 4 is 39.1 Å². The minimum Gasteiger partial charge on any atom is -0.479 e. The molecule has 0 saturated heterocycles. The molecule has 98 valence electrons. The van der Waals surface area contributed by atoms with Crippen molar-refractivity contribution in [3.63, 3.8) is 0 Å². The second kappa shape index (κ2) is 5.99. The van der Waals surface area contributed by atoms with Gasteiger partial charge in [0.15, 0.2) is 6.04 Å². The fourth-order valence-electron chi connectivity index (χ4n) is 1.53. The summed E-state index contributed by atoms with van der Waals surface area (Å²) in [6.07, 6.45) is 0. The largest absolute Gasteiger partial charge is 0.479 e. The Morgan fingerprint density at radius 1 is 1.21 bits per heavy atom. The van der Waals surface area contributed by atoms with Crippen molar-refractivity contribution in [3.8, 4) is 0 Å². The monoisotopic (exact) mass is 339 g/mol. The number of hydrogen-bond acceptors (Lipinski definition) is 3. The van der Waals surface area contributed by atoms with Gasteiger partial charge in [0.25, 0.3) is 5.91 Å². The van der Waals surface area contributed by atoms with Crippen LogP contribution in [0.3, 0.4) is 0 Å². The van der Waals surface area contributed by atoms with Crippen molar-refractivity contribution in [1.82, 2.24) is 5.32 Å². The van der Waals surface area contributed by atoms with Crippen LogP contribution < -0.4 is 5.32 Å². The Hall–Kier alpha value is -1.66. The third kappa shape index (κ3) is 3.42. The predicted octanol–water partition coefficient (Wildman–Crippen LogP) is 3.07. The molecule has 4 nitrogen and oxygen atoms in total. The maximum absolute atomic E-state index is 12.0. The number of rotatable bonds is 4. The van der Waals surface area contributed by atoms with Crippen LogP contribution in [0.15, 0.2) is 46.3 Å². The Morgan fingerprint density at radius 3 is 2.42 bits per heavy atom. The fraction of sp³-hybridized carbons (Fsp3) is 0.0769. The molecule has 1 heterocycles. The maximum Gasteiger partial charge on any atom is 0.331 e. The van der Waals surface area contributed by atoms with E-state index < -0.39 is 17.9 Å². The van der Waals surface area contributed by atoms with E-state index in [0.717, 1.165) is 4.47 Å². The molecular weight excluding hydrogens is 330 g/mol. The molecule has 0 radical (unpaired) electrons. The van der Waals surface area contributed by atoms with Crippen molar-refractivity contribution in [2.45, 2.75) is 6.04 Å². The van der Waals surface area contributed by atoms with Crippen LogP contribution in [0.1, 0.15) is 21.3 Å². The Labute approximate surface area is 122 Å². The normalized spacial score (nSPS) is 11.8. The number of carbonyl (C=O) groups is 2. The topological polar surface area (TPSA) is 66.4 Å². The number of nitrogens with one attached hydrogen (secondary N) is 1. The van der Waals surface area contributed by atoms with E-state index in [1.165, 1.54) is 11.3 Å². The fourth-order valence-corrected chi connectivity index (χ4v) is 2.56. The number of amides is 1. The van der Waals surface area contributed by atoms with E-state index in [1.807, 2.05) is 0 Å². The summed E-state index contributed by atoms with van der Waals surface area (Å²) in [6.45, 7) is 0. The zero-order valence-electron chi connectivity index (χ0n) is 9.67. The second-order valence-corrected chi connectivity index (χ2v) is 5.66. The highest BCUT2D eigenvalue weighted by Gasteiger charge is 2.23. The smallest absolute Gasteiger partial charge is 0.331 e. The molecule has 0 aliphatic heterocycles. The molecule has 0 aliphatic rings. The van der Waals surface area contributed by atoms with Crippen LogP contribution in [0, 0.1) is 0 Å². The number of benzene rings is 1. The van der Waals surface area contributed by atoms with Gasteiger partial charge in [0, 0.05) is 14.9 Å². The van der Waals surface area contributed by atoms with Gasteiger partial charge >= 0.3 is 5.97 Å². The van der Waals surface area contributed by atoms with Gasteiger partial charge in [-0.05, 0) is 35.7 Å². The minimum absolute atomic E-state index is 0.409. The molecule has 0 saturated carbocycles. The standard InChI is InChI=1S/C13H10BrNO3S/c14-9-5-3-8(4-6-9)12(16)15-11(13(17)18)10-2-1-7-19-10/h1-7,11H,(H,15,16)(H,17,18). The molecule has 2 aromatic rings. The molecular formula is C13H10BrNO3S. The Balaban J connectivity index is 2.16. The summed E-state index contributed by atoms with van der Waals surface area (Å²) in [4.78, 5) is 23.8. The molecule has 0 aliphatic carbocycles. The maximum atomic E-state index is 12.0.